The van der Waals surface area contributed by atoms with Gasteiger partial charge in [-0.15, -0.1) is 0 Å². The molecule has 0 heterocycles. The Labute approximate surface area is 422 Å². The number of carbonyl (C=O) groups is 3. The second-order valence-electron chi connectivity index (χ2n) is 28.0. The summed E-state index contributed by atoms with van der Waals surface area (Å²) in [6.07, 6.45) is 32.3. The van der Waals surface area contributed by atoms with Crippen molar-refractivity contribution >= 4 is 31.3 Å². The van der Waals surface area contributed by atoms with Crippen molar-refractivity contribution < 1.29 is 27.7 Å². The highest BCUT2D eigenvalue weighted by molar-refractivity contribution is 6.75. The Hall–Kier alpha value is -2.45. The molecule has 6 nitrogen and oxygen atoms in total. The predicted molar refractivity (Wildman–Crippen MR) is 277 cm³/mol. The monoisotopic (exact) mass is 967 g/mol. The second-order valence-corrected chi connectivity index (χ2v) is 30.4. The summed E-state index contributed by atoms with van der Waals surface area (Å²) in [7, 11) is -3.66. The first-order valence-electron chi connectivity index (χ1n) is 29.3. The maximum Gasteiger partial charge on any atom is 0.537 e. The van der Waals surface area contributed by atoms with Gasteiger partial charge in [0.15, 0.2) is 17.3 Å². The number of hydrogen-bond acceptors (Lipinski definition) is 6. The van der Waals surface area contributed by atoms with Crippen molar-refractivity contribution in [2.45, 2.75) is 214 Å². The van der Waals surface area contributed by atoms with Crippen LogP contribution < -0.4 is 5.19 Å². The molecule has 0 amide bonds. The molecule has 0 bridgehead atoms. The van der Waals surface area contributed by atoms with Crippen molar-refractivity contribution in [2.24, 2.45) is 85.8 Å². The molecular formula is C63H86O6Si. The third kappa shape index (κ3) is 6.79. The highest BCUT2D eigenvalue weighted by atomic mass is 28.4. The number of ketones is 3. The second kappa shape index (κ2) is 16.5. The molecule has 1 aromatic carbocycles. The highest BCUT2D eigenvalue weighted by Crippen LogP contribution is 2.70. The van der Waals surface area contributed by atoms with Crippen LogP contribution in [0.15, 0.2) is 65.3 Å². The third-order valence-electron chi connectivity index (χ3n) is 25.6. The van der Waals surface area contributed by atoms with Gasteiger partial charge in [0, 0.05) is 24.4 Å². The molecule has 18 atom stereocenters. The molecule has 9 saturated carbocycles. The number of rotatable bonds is 7. The van der Waals surface area contributed by atoms with Crippen LogP contribution in [0, 0.1) is 85.8 Å². The summed E-state index contributed by atoms with van der Waals surface area (Å²) in [5, 5.41) is 1.17. The first-order valence-corrected chi connectivity index (χ1v) is 31.0. The first-order chi connectivity index (χ1) is 33.5. The zero-order valence-electron chi connectivity index (χ0n) is 44.0. The van der Waals surface area contributed by atoms with Gasteiger partial charge < -0.3 is 13.3 Å². The minimum atomic E-state index is -3.66. The van der Waals surface area contributed by atoms with Crippen molar-refractivity contribution in [2.75, 3.05) is 0 Å². The molecule has 70 heavy (non-hydrogen) atoms. The molecule has 13 rings (SSSR count). The number of fused-ring (bicyclic) bond motifs is 15. The molecule has 12 aliphatic carbocycles. The number of hydrogen-bond donors (Lipinski definition) is 0. The molecule has 0 aromatic heterocycles. The Morgan fingerprint density at radius 3 is 1.04 bits per heavy atom. The molecule has 12 aliphatic rings. The van der Waals surface area contributed by atoms with Crippen LogP contribution >= 0.6 is 0 Å². The maximum atomic E-state index is 12.7. The molecule has 7 heteroatoms. The summed E-state index contributed by atoms with van der Waals surface area (Å²) in [4.78, 5) is 38.2. The minimum absolute atomic E-state index is 0.0393. The first kappa shape index (κ1) is 47.3. The van der Waals surface area contributed by atoms with E-state index in [0.29, 0.717) is 89.9 Å². The van der Waals surface area contributed by atoms with Crippen molar-refractivity contribution in [1.82, 2.24) is 0 Å². The zero-order chi connectivity index (χ0) is 48.2. The fourth-order valence-electron chi connectivity index (χ4n) is 21.6. The molecule has 0 aliphatic heterocycles. The SMILES string of the molecule is CC12CCC(=O)C=C1CCC1C2CCC2(C)C(O[Si](OC3CCC4C5CCC6=CC(=O)CCC6(C)C5CCC34C)(OC3CCC4C5CCC6=CC(=O)CCC6(C)C5CCC34C)c3ccccc3)CCC12. The van der Waals surface area contributed by atoms with Crippen LogP contribution in [0.4, 0.5) is 0 Å². The average Bonchev–Trinajstić information content (AvgIpc) is 3.98. The van der Waals surface area contributed by atoms with Gasteiger partial charge in [-0.1, -0.05) is 88.6 Å². The minimum Gasteiger partial charge on any atom is -0.366 e. The quantitative estimate of drug-likeness (QED) is 0.253. The van der Waals surface area contributed by atoms with Crippen LogP contribution in [-0.4, -0.2) is 44.5 Å². The van der Waals surface area contributed by atoms with E-state index in [-0.39, 0.29) is 50.8 Å². The van der Waals surface area contributed by atoms with Gasteiger partial charge in [-0.05, 0) is 239 Å². The van der Waals surface area contributed by atoms with Crippen molar-refractivity contribution in [3.05, 3.63) is 65.3 Å². The van der Waals surface area contributed by atoms with E-state index in [1.165, 1.54) is 99.0 Å². The predicted octanol–water partition coefficient (Wildman–Crippen LogP) is 13.6. The molecule has 1 aromatic rings. The van der Waals surface area contributed by atoms with E-state index in [1.54, 1.807) is 0 Å². The molecule has 0 N–H and O–H groups in total. The topological polar surface area (TPSA) is 78.9 Å². The van der Waals surface area contributed by atoms with Gasteiger partial charge in [0.1, 0.15) is 0 Å². The van der Waals surface area contributed by atoms with E-state index in [2.05, 4.69) is 90.1 Å². The Balaban J connectivity index is 0.851. The standard InChI is InChI=1S/C63H86O6Si/c1-58-30-24-42(64)36-39(58)12-15-46-49-18-21-55(61(49,4)33-27-52(46)58)67-70(45-10-8-7-9-11-45,68-56-22-19-50-47-16-13-40-37-43(65)25-31-59(40,2)53(47)28-34-62(50,56)5)69-57-23-20-51-48-17-14-41-38-44(66)26-32-60(41,3)54(48)29-35-63(51,57)6/h7-11,36-38,46-57H,12-35H2,1-6H3. The average molecular weight is 967 g/mol. The Morgan fingerprint density at radius 1 is 0.386 bits per heavy atom. The van der Waals surface area contributed by atoms with Crippen LogP contribution in [-0.2, 0) is 27.7 Å². The molecule has 9 fully saturated rings. The lowest BCUT2D eigenvalue weighted by Crippen LogP contribution is -2.65. The summed E-state index contributed by atoms with van der Waals surface area (Å²) in [5.74, 6) is 6.75. The van der Waals surface area contributed by atoms with Crippen molar-refractivity contribution in [3.8, 4) is 0 Å². The molecule has 18 unspecified atom stereocenters. The van der Waals surface area contributed by atoms with E-state index >= 15 is 0 Å². The van der Waals surface area contributed by atoms with E-state index in [9.17, 15) is 14.4 Å². The van der Waals surface area contributed by atoms with Crippen LogP contribution in [0.3, 0.4) is 0 Å². The smallest absolute Gasteiger partial charge is 0.366 e. The van der Waals surface area contributed by atoms with E-state index < -0.39 is 8.80 Å². The summed E-state index contributed by atoms with van der Waals surface area (Å²) in [6.45, 7) is 15.4. The Morgan fingerprint density at radius 2 is 0.714 bits per heavy atom. The number of allylic oxidation sites excluding steroid dienone is 3. The van der Waals surface area contributed by atoms with Crippen molar-refractivity contribution in [1.29, 1.82) is 0 Å². The fourth-order valence-corrected chi connectivity index (χ4v) is 25.1. The van der Waals surface area contributed by atoms with Gasteiger partial charge in [0.05, 0.1) is 18.3 Å². The molecule has 0 saturated heterocycles. The van der Waals surface area contributed by atoms with Crippen LogP contribution in [0.2, 0.25) is 0 Å². The molecule has 0 radical (unpaired) electrons. The van der Waals surface area contributed by atoms with Crippen LogP contribution in [0.1, 0.15) is 196 Å². The maximum absolute atomic E-state index is 12.7. The largest absolute Gasteiger partial charge is 0.537 e. The van der Waals surface area contributed by atoms with E-state index in [4.69, 9.17) is 13.3 Å². The van der Waals surface area contributed by atoms with E-state index in [1.807, 2.05) is 0 Å². The molecule has 378 valence electrons. The number of benzene rings is 1. The van der Waals surface area contributed by atoms with Gasteiger partial charge in [-0.25, -0.2) is 0 Å². The normalized spacial score (nSPS) is 50.0. The molecule has 0 spiro atoms. The lowest BCUT2D eigenvalue weighted by molar-refractivity contribution is -0.127. The van der Waals surface area contributed by atoms with Gasteiger partial charge in [0.25, 0.3) is 0 Å². The van der Waals surface area contributed by atoms with Gasteiger partial charge in [0.2, 0.25) is 0 Å². The van der Waals surface area contributed by atoms with Gasteiger partial charge >= 0.3 is 8.80 Å². The summed E-state index contributed by atoms with van der Waals surface area (Å²) >= 11 is 0. The van der Waals surface area contributed by atoms with Gasteiger partial charge in [-0.2, -0.15) is 0 Å². The van der Waals surface area contributed by atoms with Crippen molar-refractivity contribution in [3.63, 3.8) is 0 Å². The summed E-state index contributed by atoms with van der Waals surface area (Å²) < 4.78 is 25.0. The number of carbonyl (C=O) groups excluding carboxylic acids is 3. The zero-order valence-corrected chi connectivity index (χ0v) is 45.0. The van der Waals surface area contributed by atoms with Crippen LogP contribution in [0.5, 0.6) is 0 Å². The lowest BCUT2D eigenvalue weighted by Gasteiger charge is -2.59. The van der Waals surface area contributed by atoms with Crippen LogP contribution in [0.25, 0.3) is 0 Å². The third-order valence-corrected chi connectivity index (χ3v) is 28.5. The highest BCUT2D eigenvalue weighted by Gasteiger charge is 2.67. The lowest BCUT2D eigenvalue weighted by atomic mass is 9.47. The summed E-state index contributed by atoms with van der Waals surface area (Å²) in [5.41, 5.74) is 4.92. The van der Waals surface area contributed by atoms with E-state index in [0.717, 1.165) is 57.8 Å². The van der Waals surface area contributed by atoms with Gasteiger partial charge in [-0.3, -0.25) is 14.4 Å². The molecular weight excluding hydrogens is 881 g/mol. The summed E-state index contributed by atoms with van der Waals surface area (Å²) in [6, 6.07) is 11.3. The fraction of sp³-hybridized carbons (Fsp3) is 0.762. The Kier molecular flexibility index (Phi) is 11.2. The Bertz CT molecular complexity index is 2190.